The van der Waals surface area contributed by atoms with E-state index in [1.807, 2.05) is 0 Å². The van der Waals surface area contributed by atoms with Crippen LogP contribution in [0.5, 0.6) is 0 Å². The fourth-order valence-electron chi connectivity index (χ4n) is 0.509. The van der Waals surface area contributed by atoms with E-state index in [1.54, 1.807) is 6.92 Å². The number of carbonyl (C=O) groups is 2. The van der Waals surface area contributed by atoms with Gasteiger partial charge < -0.3 is 5.11 Å². The molecule has 0 rings (SSSR count). The second-order valence-electron chi connectivity index (χ2n) is 1.84. The zero-order valence-electron chi connectivity index (χ0n) is 5.96. The summed E-state index contributed by atoms with van der Waals surface area (Å²) in [4.78, 5) is 20.7. The van der Waals surface area contributed by atoms with Crippen LogP contribution in [-0.4, -0.2) is 21.4 Å². The quantitative estimate of drug-likeness (QED) is 0.675. The molecule has 0 aliphatic carbocycles. The molecular formula is C6H10O3S. The third kappa shape index (κ3) is 3.50. The molecule has 0 amide bonds. The topological polar surface area (TPSA) is 54.4 Å². The van der Waals surface area contributed by atoms with Crippen molar-refractivity contribution in [3.8, 4) is 0 Å². The lowest BCUT2D eigenvalue weighted by molar-refractivity contribution is -0.136. The molecule has 0 spiro atoms. The van der Waals surface area contributed by atoms with Crippen LogP contribution >= 0.6 is 11.8 Å². The fraction of sp³-hybridized carbons (Fsp3) is 0.667. The molecule has 58 valence electrons. The molecule has 0 aromatic heterocycles. The Balaban J connectivity index is 3.83. The Labute approximate surface area is 63.8 Å². The van der Waals surface area contributed by atoms with Crippen molar-refractivity contribution in [1.29, 1.82) is 0 Å². The SMILES string of the molecule is CC[C@H](SC(C)=O)C(=O)O. The van der Waals surface area contributed by atoms with E-state index in [1.165, 1.54) is 6.92 Å². The molecule has 0 aromatic carbocycles. The van der Waals surface area contributed by atoms with Gasteiger partial charge >= 0.3 is 5.97 Å². The van der Waals surface area contributed by atoms with Crippen LogP contribution in [0, 0.1) is 0 Å². The van der Waals surface area contributed by atoms with Gasteiger partial charge in [0.05, 0.1) is 0 Å². The summed E-state index contributed by atoms with van der Waals surface area (Å²) in [5.74, 6) is -0.914. The molecule has 0 fully saturated rings. The zero-order valence-corrected chi connectivity index (χ0v) is 6.77. The van der Waals surface area contributed by atoms with Gasteiger partial charge in [-0.2, -0.15) is 0 Å². The van der Waals surface area contributed by atoms with Crippen LogP contribution in [0.4, 0.5) is 0 Å². The molecule has 1 N–H and O–H groups in total. The molecule has 0 aliphatic rings. The second-order valence-corrected chi connectivity index (χ2v) is 3.22. The molecule has 0 aromatic rings. The van der Waals surface area contributed by atoms with Gasteiger partial charge in [-0.1, -0.05) is 18.7 Å². The predicted octanol–water partition coefficient (Wildman–Crippen LogP) is 1.13. The molecule has 0 saturated carbocycles. The highest BCUT2D eigenvalue weighted by molar-refractivity contribution is 8.14. The first kappa shape index (κ1) is 9.49. The summed E-state index contributed by atoms with van der Waals surface area (Å²) in [7, 11) is 0. The van der Waals surface area contributed by atoms with Gasteiger partial charge in [0.25, 0.3) is 0 Å². The number of carboxylic acid groups (broad SMARTS) is 1. The number of carbonyl (C=O) groups excluding carboxylic acids is 1. The normalized spacial score (nSPS) is 12.6. The first-order valence-corrected chi connectivity index (χ1v) is 3.86. The van der Waals surface area contributed by atoms with Crippen molar-refractivity contribution in [2.45, 2.75) is 25.5 Å². The average Bonchev–Trinajstić information content (AvgIpc) is 1.81. The second kappa shape index (κ2) is 4.33. The lowest BCUT2D eigenvalue weighted by Gasteiger charge is -2.04. The third-order valence-electron chi connectivity index (χ3n) is 0.954. The summed E-state index contributed by atoms with van der Waals surface area (Å²) in [5.41, 5.74) is 0. The van der Waals surface area contributed by atoms with E-state index in [2.05, 4.69) is 0 Å². The standard InChI is InChI=1S/C6H10O3S/c1-3-5(6(8)9)10-4(2)7/h5H,3H2,1-2H3,(H,8,9)/t5-/m0/s1. The Morgan fingerprint density at radius 3 is 2.20 bits per heavy atom. The molecule has 0 unspecified atom stereocenters. The minimum Gasteiger partial charge on any atom is -0.480 e. The lowest BCUT2D eigenvalue weighted by atomic mass is 10.3. The van der Waals surface area contributed by atoms with Crippen LogP contribution in [-0.2, 0) is 9.59 Å². The van der Waals surface area contributed by atoms with Crippen molar-refractivity contribution >= 4 is 22.8 Å². The lowest BCUT2D eigenvalue weighted by Crippen LogP contribution is -2.16. The summed E-state index contributed by atoms with van der Waals surface area (Å²) in [6, 6.07) is 0. The summed E-state index contributed by atoms with van der Waals surface area (Å²) in [6.45, 7) is 3.12. The molecule has 10 heavy (non-hydrogen) atoms. The molecule has 0 radical (unpaired) electrons. The summed E-state index contributed by atoms with van der Waals surface area (Å²) in [6.07, 6.45) is 0.486. The number of hydrogen-bond acceptors (Lipinski definition) is 3. The molecule has 0 heterocycles. The molecule has 0 aliphatic heterocycles. The summed E-state index contributed by atoms with van der Waals surface area (Å²) >= 11 is 0.869. The number of carboxylic acids is 1. The highest BCUT2D eigenvalue weighted by Gasteiger charge is 2.16. The summed E-state index contributed by atoms with van der Waals surface area (Å²) < 4.78 is 0. The van der Waals surface area contributed by atoms with Gasteiger partial charge in [-0.25, -0.2) is 0 Å². The van der Waals surface area contributed by atoms with Gasteiger partial charge in [-0.05, 0) is 6.42 Å². The van der Waals surface area contributed by atoms with Gasteiger partial charge in [-0.3, -0.25) is 9.59 Å². The van der Waals surface area contributed by atoms with Crippen LogP contribution in [0.3, 0.4) is 0 Å². The Morgan fingerprint density at radius 1 is 1.60 bits per heavy atom. The molecule has 1 atom stereocenters. The predicted molar refractivity (Wildman–Crippen MR) is 40.0 cm³/mol. The Hall–Kier alpha value is -0.510. The van der Waals surface area contributed by atoms with Crippen molar-refractivity contribution in [3.63, 3.8) is 0 Å². The van der Waals surface area contributed by atoms with Crippen LogP contribution in [0.15, 0.2) is 0 Å². The Morgan fingerprint density at radius 2 is 2.10 bits per heavy atom. The average molecular weight is 162 g/mol. The fourth-order valence-corrected chi connectivity index (χ4v) is 1.18. The first-order valence-electron chi connectivity index (χ1n) is 2.98. The van der Waals surface area contributed by atoms with Crippen LogP contribution in [0.2, 0.25) is 0 Å². The molecule has 0 bridgehead atoms. The number of aliphatic carboxylic acids is 1. The number of hydrogen-bond donors (Lipinski definition) is 1. The maximum absolute atomic E-state index is 10.4. The Bertz CT molecular complexity index is 144. The smallest absolute Gasteiger partial charge is 0.317 e. The van der Waals surface area contributed by atoms with Gasteiger partial charge in [-0.15, -0.1) is 0 Å². The zero-order chi connectivity index (χ0) is 8.15. The van der Waals surface area contributed by atoms with E-state index < -0.39 is 11.2 Å². The highest BCUT2D eigenvalue weighted by atomic mass is 32.2. The van der Waals surface area contributed by atoms with Gasteiger partial charge in [0, 0.05) is 6.92 Å². The van der Waals surface area contributed by atoms with Crippen molar-refractivity contribution in [1.82, 2.24) is 0 Å². The van der Waals surface area contributed by atoms with Crippen molar-refractivity contribution in [2.75, 3.05) is 0 Å². The van der Waals surface area contributed by atoms with E-state index in [4.69, 9.17) is 5.11 Å². The van der Waals surface area contributed by atoms with Crippen LogP contribution in [0.1, 0.15) is 20.3 Å². The molecule has 0 saturated heterocycles. The molecule has 4 heteroatoms. The number of thioether (sulfide) groups is 1. The number of rotatable bonds is 3. The Kier molecular flexibility index (Phi) is 4.11. The molecular weight excluding hydrogens is 152 g/mol. The summed E-state index contributed by atoms with van der Waals surface area (Å²) in [5, 5.41) is 7.73. The minimum atomic E-state index is -0.914. The van der Waals surface area contributed by atoms with Crippen LogP contribution in [0.25, 0.3) is 0 Å². The van der Waals surface area contributed by atoms with E-state index in [-0.39, 0.29) is 5.12 Å². The third-order valence-corrected chi connectivity index (χ3v) is 2.11. The van der Waals surface area contributed by atoms with Gasteiger partial charge in [0.1, 0.15) is 5.25 Å². The maximum atomic E-state index is 10.4. The van der Waals surface area contributed by atoms with E-state index in [0.717, 1.165) is 11.8 Å². The van der Waals surface area contributed by atoms with Crippen LogP contribution < -0.4 is 0 Å². The monoisotopic (exact) mass is 162 g/mol. The van der Waals surface area contributed by atoms with E-state index in [9.17, 15) is 9.59 Å². The van der Waals surface area contributed by atoms with E-state index in [0.29, 0.717) is 6.42 Å². The van der Waals surface area contributed by atoms with E-state index >= 15 is 0 Å². The largest absolute Gasteiger partial charge is 0.480 e. The van der Waals surface area contributed by atoms with Gasteiger partial charge in [0.2, 0.25) is 0 Å². The first-order chi connectivity index (χ1) is 4.57. The van der Waals surface area contributed by atoms with Crippen molar-refractivity contribution < 1.29 is 14.7 Å². The highest BCUT2D eigenvalue weighted by Crippen LogP contribution is 2.14. The van der Waals surface area contributed by atoms with Crippen molar-refractivity contribution in [3.05, 3.63) is 0 Å². The minimum absolute atomic E-state index is 0.144. The molecule has 3 nitrogen and oxygen atoms in total. The maximum Gasteiger partial charge on any atom is 0.317 e. The van der Waals surface area contributed by atoms with Crippen molar-refractivity contribution in [2.24, 2.45) is 0 Å². The van der Waals surface area contributed by atoms with Gasteiger partial charge in [0.15, 0.2) is 5.12 Å².